The first kappa shape index (κ1) is 13.9. The molecule has 88 valence electrons. The van der Waals surface area contributed by atoms with Crippen molar-refractivity contribution in [2.24, 2.45) is 0 Å². The second kappa shape index (κ2) is 5.67. The predicted octanol–water partition coefficient (Wildman–Crippen LogP) is -2.69. The van der Waals surface area contributed by atoms with E-state index in [2.05, 4.69) is 5.32 Å². The monoisotopic (exact) mass is 218 g/mol. The van der Waals surface area contributed by atoms with Crippen molar-refractivity contribution >= 4 is 11.9 Å². The molecule has 0 heterocycles. The summed E-state index contributed by atoms with van der Waals surface area (Å²) < 4.78 is 0.537. The summed E-state index contributed by atoms with van der Waals surface area (Å²) in [5.41, 5.74) is 0. The lowest BCUT2D eigenvalue weighted by molar-refractivity contribution is -0.873. The van der Waals surface area contributed by atoms with E-state index < -0.39 is 24.5 Å². The maximum Gasteiger partial charge on any atom is 0.223 e. The van der Waals surface area contributed by atoms with Crippen LogP contribution in [0.25, 0.3) is 0 Å². The highest BCUT2D eigenvalue weighted by molar-refractivity contribution is 5.80. The molecule has 2 N–H and O–H groups in total. The Morgan fingerprint density at radius 3 is 2.33 bits per heavy atom. The second-order valence-corrected chi connectivity index (χ2v) is 4.48. The highest BCUT2D eigenvalue weighted by Gasteiger charge is 2.18. The fourth-order valence-electron chi connectivity index (χ4n) is 1.15. The van der Waals surface area contributed by atoms with Crippen LogP contribution >= 0.6 is 0 Å². The van der Waals surface area contributed by atoms with E-state index in [0.29, 0.717) is 11.0 Å². The quantitative estimate of drug-likeness (QED) is 0.475. The molecule has 0 saturated heterocycles. The van der Waals surface area contributed by atoms with Crippen LogP contribution in [0.15, 0.2) is 0 Å². The Bertz CT molecular complexity index is 235. The molecule has 0 spiro atoms. The van der Waals surface area contributed by atoms with Gasteiger partial charge in [-0.3, -0.25) is 4.79 Å². The summed E-state index contributed by atoms with van der Waals surface area (Å²) in [6.45, 7) is -0.0886. The van der Waals surface area contributed by atoms with Gasteiger partial charge in [-0.05, 0) is 0 Å². The largest absolute Gasteiger partial charge is 0.548 e. The lowest BCUT2D eigenvalue weighted by atomic mass is 10.2. The fraction of sp³-hybridized carbons (Fsp3) is 0.778. The van der Waals surface area contributed by atoms with Gasteiger partial charge in [0.05, 0.1) is 40.1 Å². The number of aliphatic carboxylic acids is 1. The first-order valence-electron chi connectivity index (χ1n) is 4.66. The predicted molar refractivity (Wildman–Crippen MR) is 51.5 cm³/mol. The van der Waals surface area contributed by atoms with Crippen LogP contribution in [0, 0.1) is 0 Å². The minimum Gasteiger partial charge on any atom is -0.548 e. The minimum absolute atomic E-state index is 0.0944. The zero-order valence-electron chi connectivity index (χ0n) is 9.32. The van der Waals surface area contributed by atoms with Gasteiger partial charge in [-0.1, -0.05) is 0 Å². The molecule has 0 rings (SSSR count). The number of hydrogen-bond acceptors (Lipinski definition) is 4. The topological polar surface area (TPSA) is 89.5 Å². The first-order valence-corrected chi connectivity index (χ1v) is 4.66. The molecule has 0 aliphatic rings. The maximum atomic E-state index is 11.1. The summed E-state index contributed by atoms with van der Waals surface area (Å²) in [4.78, 5) is 21.1. The third-order valence-electron chi connectivity index (χ3n) is 1.61. The lowest BCUT2D eigenvalue weighted by Crippen LogP contribution is -2.44. The van der Waals surface area contributed by atoms with Crippen LogP contribution in [0.2, 0.25) is 0 Å². The van der Waals surface area contributed by atoms with E-state index in [4.69, 9.17) is 0 Å². The summed E-state index contributed by atoms with van der Waals surface area (Å²) in [5, 5.41) is 21.6. The van der Waals surface area contributed by atoms with E-state index in [1.165, 1.54) is 0 Å². The highest BCUT2D eigenvalue weighted by Crippen LogP contribution is 1.98. The van der Waals surface area contributed by atoms with Crippen molar-refractivity contribution in [2.45, 2.75) is 12.5 Å². The van der Waals surface area contributed by atoms with E-state index in [1.54, 1.807) is 0 Å². The van der Waals surface area contributed by atoms with Gasteiger partial charge in [0.15, 0.2) is 0 Å². The number of quaternary nitrogens is 1. The van der Waals surface area contributed by atoms with Crippen LogP contribution in [0.3, 0.4) is 0 Å². The molecule has 0 aromatic heterocycles. The number of carbonyl (C=O) groups excluding carboxylic acids is 2. The van der Waals surface area contributed by atoms with Gasteiger partial charge in [-0.2, -0.15) is 0 Å². The third kappa shape index (κ3) is 9.17. The van der Waals surface area contributed by atoms with Crippen LogP contribution in [0.1, 0.15) is 6.42 Å². The molecule has 0 bridgehead atoms. The SMILES string of the molecule is C[N+](C)(C)CC(O)CC(=O)NCC(=O)[O-]. The standard InChI is InChI=1S/C9H18N2O4/c1-11(2,3)6-7(12)4-8(13)10-5-9(14)15/h7,12H,4-6H2,1-3H3,(H-,10,13,14,15). The van der Waals surface area contributed by atoms with E-state index >= 15 is 0 Å². The second-order valence-electron chi connectivity index (χ2n) is 4.48. The Kier molecular flexibility index (Phi) is 5.24. The molecular formula is C9H18N2O4. The van der Waals surface area contributed by atoms with Crippen LogP contribution in [0.4, 0.5) is 0 Å². The summed E-state index contributed by atoms with van der Waals surface area (Å²) in [6.07, 6.45) is -0.866. The number of hydrogen-bond donors (Lipinski definition) is 2. The van der Waals surface area contributed by atoms with E-state index in [-0.39, 0.29) is 6.42 Å². The van der Waals surface area contributed by atoms with Crippen molar-refractivity contribution in [3.8, 4) is 0 Å². The Morgan fingerprint density at radius 1 is 1.40 bits per heavy atom. The van der Waals surface area contributed by atoms with Crippen LogP contribution in [0.5, 0.6) is 0 Å². The Hall–Kier alpha value is -1.14. The number of aliphatic hydroxyl groups excluding tert-OH is 1. The van der Waals surface area contributed by atoms with Gasteiger partial charge in [0.25, 0.3) is 0 Å². The minimum atomic E-state index is -1.34. The number of rotatable bonds is 6. The van der Waals surface area contributed by atoms with E-state index in [1.807, 2.05) is 21.1 Å². The van der Waals surface area contributed by atoms with Crippen molar-refractivity contribution in [1.82, 2.24) is 5.32 Å². The van der Waals surface area contributed by atoms with Crippen molar-refractivity contribution in [3.05, 3.63) is 0 Å². The molecule has 0 radical (unpaired) electrons. The molecule has 0 saturated carbocycles. The zero-order chi connectivity index (χ0) is 12.1. The van der Waals surface area contributed by atoms with Gasteiger partial charge in [0, 0.05) is 0 Å². The van der Waals surface area contributed by atoms with Gasteiger partial charge < -0.3 is 24.8 Å². The number of likely N-dealkylation sites (N-methyl/N-ethyl adjacent to an activating group) is 1. The summed E-state index contributed by atoms with van der Waals surface area (Å²) in [6, 6.07) is 0. The normalized spacial score (nSPS) is 13.3. The van der Waals surface area contributed by atoms with Crippen molar-refractivity contribution in [2.75, 3.05) is 34.2 Å². The number of aliphatic hydroxyl groups is 1. The molecule has 6 nitrogen and oxygen atoms in total. The summed E-state index contributed by atoms with van der Waals surface area (Å²) >= 11 is 0. The third-order valence-corrected chi connectivity index (χ3v) is 1.61. The molecule has 6 heteroatoms. The molecule has 0 aliphatic heterocycles. The number of nitrogens with one attached hydrogen (secondary N) is 1. The molecule has 0 aromatic carbocycles. The molecule has 1 amide bonds. The maximum absolute atomic E-state index is 11.1. The van der Waals surface area contributed by atoms with Crippen LogP contribution < -0.4 is 10.4 Å². The van der Waals surface area contributed by atoms with Crippen molar-refractivity contribution in [3.63, 3.8) is 0 Å². The first-order chi connectivity index (χ1) is 6.70. The molecule has 1 unspecified atom stereocenters. The number of amides is 1. The number of carbonyl (C=O) groups is 2. The molecule has 1 atom stereocenters. The highest BCUT2D eigenvalue weighted by atomic mass is 16.4. The van der Waals surface area contributed by atoms with Crippen LogP contribution in [-0.2, 0) is 9.59 Å². The fourth-order valence-corrected chi connectivity index (χ4v) is 1.15. The Labute approximate surface area is 89.1 Å². The molecule has 0 aliphatic carbocycles. The van der Waals surface area contributed by atoms with Crippen molar-refractivity contribution in [1.29, 1.82) is 0 Å². The van der Waals surface area contributed by atoms with Gasteiger partial charge in [-0.15, -0.1) is 0 Å². The smallest absolute Gasteiger partial charge is 0.223 e. The summed E-state index contributed by atoms with van der Waals surface area (Å²) in [5.74, 6) is -1.83. The van der Waals surface area contributed by atoms with Gasteiger partial charge >= 0.3 is 0 Å². The van der Waals surface area contributed by atoms with Gasteiger partial charge in [0.2, 0.25) is 5.91 Å². The lowest BCUT2D eigenvalue weighted by Gasteiger charge is -2.26. The van der Waals surface area contributed by atoms with E-state index in [9.17, 15) is 19.8 Å². The number of nitrogens with zero attached hydrogens (tertiary/aromatic N) is 1. The number of carboxylic acid groups (broad SMARTS) is 1. The molecular weight excluding hydrogens is 200 g/mol. The average molecular weight is 218 g/mol. The molecule has 15 heavy (non-hydrogen) atoms. The van der Waals surface area contributed by atoms with Gasteiger partial charge in [0.1, 0.15) is 12.6 Å². The summed E-state index contributed by atoms with van der Waals surface area (Å²) in [7, 11) is 5.67. The number of carboxylic acids is 1. The Balaban J connectivity index is 3.81. The average Bonchev–Trinajstić information content (AvgIpc) is 1.96. The zero-order valence-corrected chi connectivity index (χ0v) is 9.32. The van der Waals surface area contributed by atoms with Gasteiger partial charge in [-0.25, -0.2) is 0 Å². The Morgan fingerprint density at radius 2 is 1.93 bits per heavy atom. The van der Waals surface area contributed by atoms with E-state index in [0.717, 1.165) is 0 Å². The molecule has 0 aromatic rings. The molecule has 0 fully saturated rings. The van der Waals surface area contributed by atoms with Crippen molar-refractivity contribution < 1.29 is 24.3 Å². The van der Waals surface area contributed by atoms with Crippen LogP contribution in [-0.4, -0.2) is 61.8 Å².